The van der Waals surface area contributed by atoms with E-state index >= 15 is 0 Å². The van der Waals surface area contributed by atoms with Gasteiger partial charge in [-0.05, 0) is 49.6 Å². The summed E-state index contributed by atoms with van der Waals surface area (Å²) in [5.41, 5.74) is 2.34. The lowest BCUT2D eigenvalue weighted by Gasteiger charge is -2.25. The van der Waals surface area contributed by atoms with Crippen LogP contribution in [0, 0.1) is 11.7 Å². The summed E-state index contributed by atoms with van der Waals surface area (Å²) in [4.78, 5) is 25.7. The molecule has 2 aromatic carbocycles. The molecule has 0 aliphatic carbocycles. The van der Waals surface area contributed by atoms with Gasteiger partial charge in [0.15, 0.2) is 0 Å². The second-order valence-corrected chi connectivity index (χ2v) is 8.49. The zero-order valence-corrected chi connectivity index (χ0v) is 17.7. The number of benzene rings is 2. The van der Waals surface area contributed by atoms with Gasteiger partial charge in [-0.2, -0.15) is 15.0 Å². The van der Waals surface area contributed by atoms with Gasteiger partial charge >= 0.3 is 0 Å². The molecular formula is C24H21FN6O2. The minimum Gasteiger partial charge on any atom is -0.476 e. The Kier molecular flexibility index (Phi) is 4.74. The summed E-state index contributed by atoms with van der Waals surface area (Å²) >= 11 is 0. The number of amides is 1. The molecule has 1 amide bonds. The van der Waals surface area contributed by atoms with Crippen molar-refractivity contribution < 1.29 is 13.9 Å². The Hall–Kier alpha value is -3.88. The lowest BCUT2D eigenvalue weighted by atomic mass is 9.90. The number of aromatic nitrogens is 5. The van der Waals surface area contributed by atoms with Crippen LogP contribution >= 0.6 is 0 Å². The lowest BCUT2D eigenvalue weighted by Crippen LogP contribution is -2.38. The summed E-state index contributed by atoms with van der Waals surface area (Å²) in [6, 6.07) is 11.9. The van der Waals surface area contributed by atoms with Crippen LogP contribution in [-0.4, -0.2) is 54.5 Å². The monoisotopic (exact) mass is 444 g/mol. The second-order valence-electron chi connectivity index (χ2n) is 8.49. The summed E-state index contributed by atoms with van der Waals surface area (Å²) in [6.07, 6.45) is 7.38. The highest BCUT2D eigenvalue weighted by Gasteiger charge is 2.49. The number of halogens is 1. The largest absolute Gasteiger partial charge is 0.476 e. The molecule has 2 aliphatic rings. The van der Waals surface area contributed by atoms with Gasteiger partial charge in [-0.25, -0.2) is 14.4 Å². The average molecular weight is 444 g/mol. The highest BCUT2D eigenvalue weighted by Crippen LogP contribution is 2.43. The smallest absolute Gasteiger partial charge is 0.256 e. The number of rotatable bonds is 5. The molecule has 3 unspecified atom stereocenters. The third-order valence-corrected chi connectivity index (χ3v) is 6.59. The first kappa shape index (κ1) is 19.8. The molecule has 3 atom stereocenters. The van der Waals surface area contributed by atoms with Crippen molar-refractivity contribution in [2.75, 3.05) is 6.61 Å². The molecule has 0 N–H and O–H groups in total. The average Bonchev–Trinajstić information content (AvgIpc) is 3.59. The molecule has 2 fully saturated rings. The fourth-order valence-corrected chi connectivity index (χ4v) is 5.14. The van der Waals surface area contributed by atoms with Gasteiger partial charge in [-0.3, -0.25) is 4.79 Å². The zero-order valence-electron chi connectivity index (χ0n) is 17.7. The number of nitrogens with zero attached hydrogens (tertiary/aromatic N) is 6. The quantitative estimate of drug-likeness (QED) is 0.469. The van der Waals surface area contributed by atoms with Crippen molar-refractivity contribution in [2.24, 2.45) is 5.92 Å². The van der Waals surface area contributed by atoms with Gasteiger partial charge in [0.05, 0.1) is 47.5 Å². The minimum absolute atomic E-state index is 0.0395. The number of hydrogen-bond acceptors (Lipinski definition) is 6. The maximum Gasteiger partial charge on any atom is 0.256 e. The number of hydrogen-bond donors (Lipinski definition) is 0. The van der Waals surface area contributed by atoms with Gasteiger partial charge in [0.1, 0.15) is 5.82 Å². The summed E-state index contributed by atoms with van der Waals surface area (Å²) in [7, 11) is 0. The normalized spacial score (nSPS) is 21.6. The van der Waals surface area contributed by atoms with Crippen LogP contribution in [0.25, 0.3) is 16.7 Å². The van der Waals surface area contributed by atoms with Crippen LogP contribution in [0.1, 0.15) is 29.6 Å². The Morgan fingerprint density at radius 2 is 1.91 bits per heavy atom. The molecule has 166 valence electrons. The van der Waals surface area contributed by atoms with Crippen LogP contribution in [0.15, 0.2) is 61.1 Å². The van der Waals surface area contributed by atoms with E-state index in [9.17, 15) is 9.18 Å². The number of carbonyl (C=O) groups is 1. The Labute approximate surface area is 189 Å². The number of carbonyl (C=O) groups excluding carboxylic acids is 1. The van der Waals surface area contributed by atoms with Gasteiger partial charge in [0, 0.05) is 18.0 Å². The van der Waals surface area contributed by atoms with Crippen molar-refractivity contribution in [1.82, 2.24) is 29.9 Å². The summed E-state index contributed by atoms with van der Waals surface area (Å²) in [6.45, 7) is 0.453. The van der Waals surface area contributed by atoms with E-state index in [1.54, 1.807) is 12.3 Å². The van der Waals surface area contributed by atoms with Gasteiger partial charge in [0.25, 0.3) is 5.91 Å². The van der Waals surface area contributed by atoms with Crippen LogP contribution in [-0.2, 0) is 0 Å². The van der Waals surface area contributed by atoms with E-state index in [0.29, 0.717) is 18.2 Å². The van der Waals surface area contributed by atoms with Gasteiger partial charge < -0.3 is 9.64 Å². The molecule has 2 bridgehead atoms. The third kappa shape index (κ3) is 3.49. The number of ether oxygens (including phenoxy) is 1. The van der Waals surface area contributed by atoms with E-state index in [1.807, 2.05) is 29.2 Å². The third-order valence-electron chi connectivity index (χ3n) is 6.59. The van der Waals surface area contributed by atoms with E-state index in [0.717, 1.165) is 30.3 Å². The van der Waals surface area contributed by atoms with Crippen molar-refractivity contribution in [3.05, 3.63) is 72.4 Å². The van der Waals surface area contributed by atoms with E-state index in [1.165, 1.54) is 29.3 Å². The van der Waals surface area contributed by atoms with Crippen molar-refractivity contribution in [1.29, 1.82) is 0 Å². The molecule has 6 rings (SSSR count). The maximum atomic E-state index is 14.1. The number of para-hydroxylation sites is 2. The zero-order chi connectivity index (χ0) is 22.4. The van der Waals surface area contributed by atoms with Crippen molar-refractivity contribution in [2.45, 2.75) is 31.3 Å². The fourth-order valence-electron chi connectivity index (χ4n) is 5.14. The van der Waals surface area contributed by atoms with Crippen molar-refractivity contribution in [3.8, 4) is 11.6 Å². The van der Waals surface area contributed by atoms with Crippen LogP contribution in [0.4, 0.5) is 4.39 Å². The first-order valence-electron chi connectivity index (χ1n) is 11.0. The molecule has 0 spiro atoms. The van der Waals surface area contributed by atoms with Gasteiger partial charge in [0.2, 0.25) is 5.88 Å². The Morgan fingerprint density at radius 3 is 2.76 bits per heavy atom. The predicted molar refractivity (Wildman–Crippen MR) is 117 cm³/mol. The highest BCUT2D eigenvalue weighted by atomic mass is 19.1. The predicted octanol–water partition coefficient (Wildman–Crippen LogP) is 3.42. The summed E-state index contributed by atoms with van der Waals surface area (Å²) in [5, 5.41) is 8.24. The molecule has 33 heavy (non-hydrogen) atoms. The van der Waals surface area contributed by atoms with Crippen molar-refractivity contribution >= 4 is 16.9 Å². The molecule has 8 nitrogen and oxygen atoms in total. The Morgan fingerprint density at radius 1 is 1.09 bits per heavy atom. The molecule has 0 saturated carbocycles. The van der Waals surface area contributed by atoms with E-state index < -0.39 is 5.82 Å². The first-order valence-corrected chi connectivity index (χ1v) is 11.0. The topological polar surface area (TPSA) is 86.0 Å². The summed E-state index contributed by atoms with van der Waals surface area (Å²) < 4.78 is 20.1. The molecule has 2 aromatic heterocycles. The van der Waals surface area contributed by atoms with E-state index in [-0.39, 0.29) is 29.5 Å². The first-order chi connectivity index (χ1) is 16.2. The standard InChI is InChI=1S/C24H21FN6O2/c25-16-5-7-22(31-27-9-10-28-31)18(12-16)24(32)30-17-6-8-21(30)15(11-17)14-33-23-13-26-19-3-1-2-4-20(19)29-23/h1-5,7,9-10,12-13,15,17,21H,6,8,11,14H2. The fraction of sp³-hybridized carbons (Fsp3) is 0.292. The molecule has 0 radical (unpaired) electrons. The van der Waals surface area contributed by atoms with E-state index in [2.05, 4.69) is 20.2 Å². The lowest BCUT2D eigenvalue weighted by molar-refractivity contribution is 0.0709. The van der Waals surface area contributed by atoms with Gasteiger partial charge in [-0.1, -0.05) is 12.1 Å². The Bertz CT molecular complexity index is 1330. The van der Waals surface area contributed by atoms with Crippen LogP contribution in [0.2, 0.25) is 0 Å². The van der Waals surface area contributed by atoms with E-state index in [4.69, 9.17) is 4.74 Å². The molecule has 4 aromatic rings. The SMILES string of the molecule is O=C(c1cc(F)ccc1-n1nccn1)N1C2CCC1C(COc1cnc3ccccc3n1)C2. The van der Waals surface area contributed by atoms with Gasteiger partial charge in [-0.15, -0.1) is 0 Å². The molecule has 2 aliphatic heterocycles. The van der Waals surface area contributed by atoms with Crippen LogP contribution < -0.4 is 4.74 Å². The van der Waals surface area contributed by atoms with Crippen molar-refractivity contribution in [3.63, 3.8) is 0 Å². The minimum atomic E-state index is -0.462. The maximum absolute atomic E-state index is 14.1. The molecule has 9 heteroatoms. The second kappa shape index (κ2) is 7.91. The molecule has 2 saturated heterocycles. The molecule has 4 heterocycles. The van der Waals surface area contributed by atoms with Crippen LogP contribution in [0.3, 0.4) is 0 Å². The Balaban J connectivity index is 1.21. The summed E-state index contributed by atoms with van der Waals surface area (Å²) in [5.74, 6) is 0.00481. The van der Waals surface area contributed by atoms with Crippen LogP contribution in [0.5, 0.6) is 5.88 Å². The highest BCUT2D eigenvalue weighted by molar-refractivity contribution is 5.98. The molecular weight excluding hydrogens is 423 g/mol. The number of fused-ring (bicyclic) bond motifs is 3.